The Bertz CT molecular complexity index is 403. The fourth-order valence-corrected chi connectivity index (χ4v) is 1.97. The van der Waals surface area contributed by atoms with Crippen molar-refractivity contribution in [3.63, 3.8) is 0 Å². The van der Waals surface area contributed by atoms with Crippen molar-refractivity contribution in [2.45, 2.75) is 0 Å². The third-order valence-electron chi connectivity index (χ3n) is 1.92. The molecule has 0 saturated heterocycles. The van der Waals surface area contributed by atoms with Gasteiger partial charge in [0.2, 0.25) is 0 Å². The summed E-state index contributed by atoms with van der Waals surface area (Å²) in [4.78, 5) is 4.22. The molecule has 67 valence electrons. The number of nitrogens with zero attached hydrogens (tertiary/aromatic N) is 1. The van der Waals surface area contributed by atoms with Gasteiger partial charge in [-0.15, -0.1) is 17.0 Å². The Morgan fingerprint density at radius 2 is 1.64 bits per heavy atom. The van der Waals surface area contributed by atoms with Gasteiger partial charge in [-0.05, 0) is 0 Å². The summed E-state index contributed by atoms with van der Waals surface area (Å²) < 4.78 is 1.18. The quantitative estimate of drug-likeness (QED) is 0.738. The standard InChI is InChI=1S/C11H8N.BrH.Zn/c1-2-4-10(5-3-1)11-6-8-12-9-7-11;;/h1-8H;1H;. The predicted molar refractivity (Wildman–Crippen MR) is 59.6 cm³/mol. The van der Waals surface area contributed by atoms with Crippen molar-refractivity contribution in [1.82, 2.24) is 4.98 Å². The number of rotatable bonds is 1. The zero-order valence-corrected chi connectivity index (χ0v) is 12.4. The van der Waals surface area contributed by atoms with Gasteiger partial charge in [0.1, 0.15) is 0 Å². The zero-order valence-electron chi connectivity index (χ0n) is 7.68. The van der Waals surface area contributed by atoms with Gasteiger partial charge < -0.3 is 0 Å². The average molecular weight is 300 g/mol. The van der Waals surface area contributed by atoms with Gasteiger partial charge >= 0.3 is 87.4 Å². The second-order valence-corrected chi connectivity index (χ2v) is 4.42. The number of pyridine rings is 1. The van der Waals surface area contributed by atoms with E-state index < -0.39 is 0 Å². The second kappa shape index (κ2) is 5.38. The molecular weight excluding hydrogens is 291 g/mol. The summed E-state index contributed by atoms with van der Waals surface area (Å²) in [5.74, 6) is 0. The third kappa shape index (κ3) is 2.73. The molecule has 14 heavy (non-hydrogen) atoms. The van der Waals surface area contributed by atoms with Crippen molar-refractivity contribution in [2.24, 2.45) is 0 Å². The molecule has 0 unspecified atom stereocenters. The van der Waals surface area contributed by atoms with Crippen LogP contribution in [0.3, 0.4) is 0 Å². The Morgan fingerprint density at radius 1 is 0.929 bits per heavy atom. The number of hydrogen-bond donors (Lipinski definition) is 0. The summed E-state index contributed by atoms with van der Waals surface area (Å²) in [6.07, 6.45) is 1.88. The van der Waals surface area contributed by atoms with Gasteiger partial charge in [0.05, 0.1) is 0 Å². The van der Waals surface area contributed by atoms with E-state index in [2.05, 4.69) is 41.4 Å². The van der Waals surface area contributed by atoms with E-state index in [4.69, 9.17) is 0 Å². The first-order valence-corrected chi connectivity index (χ1v) is 5.68. The summed E-state index contributed by atoms with van der Waals surface area (Å²) in [5.41, 5.74) is 2.52. The number of hydrogen-bond acceptors (Lipinski definition) is 1. The molecule has 0 bridgehead atoms. The van der Waals surface area contributed by atoms with E-state index in [0.29, 0.717) is 0 Å². The first-order valence-electron chi connectivity index (χ1n) is 4.20. The summed E-state index contributed by atoms with van der Waals surface area (Å²) in [6, 6.07) is 14.6. The van der Waals surface area contributed by atoms with Crippen molar-refractivity contribution in [3.8, 4) is 11.1 Å². The molecule has 0 atom stereocenters. The van der Waals surface area contributed by atoms with Crippen LogP contribution in [0.25, 0.3) is 11.1 Å². The van der Waals surface area contributed by atoms with Gasteiger partial charge in [-0.25, -0.2) is 0 Å². The van der Waals surface area contributed by atoms with Crippen LogP contribution < -0.4 is 4.29 Å². The van der Waals surface area contributed by atoms with Crippen LogP contribution in [-0.2, 0) is 18.3 Å². The normalized spacial score (nSPS) is 9.29. The van der Waals surface area contributed by atoms with Crippen LogP contribution in [0.5, 0.6) is 0 Å². The van der Waals surface area contributed by atoms with Gasteiger partial charge in [0.15, 0.2) is 0 Å². The van der Waals surface area contributed by atoms with E-state index in [1.165, 1.54) is 15.4 Å². The molecule has 0 aliphatic rings. The topological polar surface area (TPSA) is 12.9 Å². The first kappa shape index (κ1) is 11.5. The number of halogens is 1. The van der Waals surface area contributed by atoms with Crippen LogP contribution in [0.2, 0.25) is 0 Å². The fourth-order valence-electron chi connectivity index (χ4n) is 1.29. The number of benzene rings is 1. The average Bonchev–Trinajstić information content (AvgIpc) is 2.19. The summed E-state index contributed by atoms with van der Waals surface area (Å²) in [6.45, 7) is 0. The van der Waals surface area contributed by atoms with E-state index in [1.54, 1.807) is 0 Å². The summed E-state index contributed by atoms with van der Waals surface area (Å²) >= 11 is 1.11. The molecule has 1 heterocycles. The van der Waals surface area contributed by atoms with Gasteiger partial charge in [-0.3, -0.25) is 0 Å². The molecule has 0 aliphatic carbocycles. The van der Waals surface area contributed by atoms with E-state index in [-0.39, 0.29) is 17.0 Å². The number of aromatic nitrogens is 1. The van der Waals surface area contributed by atoms with Crippen molar-refractivity contribution in [3.05, 3.63) is 48.7 Å². The molecule has 1 aromatic carbocycles. The van der Waals surface area contributed by atoms with Crippen LogP contribution in [0.1, 0.15) is 0 Å². The molecule has 0 saturated carbocycles. The Kier molecular flexibility index (Phi) is 4.44. The molecule has 0 aliphatic heterocycles. The molecule has 0 amide bonds. The van der Waals surface area contributed by atoms with E-state index in [1.807, 2.05) is 12.3 Å². The van der Waals surface area contributed by atoms with Crippen molar-refractivity contribution in [1.29, 1.82) is 0 Å². The van der Waals surface area contributed by atoms with Crippen molar-refractivity contribution < 1.29 is 18.3 Å². The molecule has 0 spiro atoms. The van der Waals surface area contributed by atoms with E-state index in [0.717, 1.165) is 18.3 Å². The maximum absolute atomic E-state index is 4.22. The minimum atomic E-state index is 0. The molecule has 0 N–H and O–H groups in total. The first-order chi connectivity index (χ1) is 6.36. The zero-order chi connectivity index (χ0) is 9.10. The maximum atomic E-state index is 4.22. The Hall–Kier alpha value is -0.527. The second-order valence-electron chi connectivity index (χ2n) is 2.90. The fraction of sp³-hybridized carbons (Fsp3) is 0. The molecular formula is C11H9BrNZn. The monoisotopic (exact) mass is 298 g/mol. The van der Waals surface area contributed by atoms with Gasteiger partial charge in [-0.1, -0.05) is 0 Å². The van der Waals surface area contributed by atoms with Crippen LogP contribution >= 0.6 is 17.0 Å². The third-order valence-corrected chi connectivity index (χ3v) is 2.74. The van der Waals surface area contributed by atoms with Gasteiger partial charge in [0.25, 0.3) is 0 Å². The van der Waals surface area contributed by atoms with Gasteiger partial charge in [0, 0.05) is 0 Å². The van der Waals surface area contributed by atoms with Crippen LogP contribution in [0.4, 0.5) is 0 Å². The summed E-state index contributed by atoms with van der Waals surface area (Å²) in [5, 5.41) is 0. The Morgan fingerprint density at radius 3 is 2.29 bits per heavy atom. The molecule has 2 rings (SSSR count). The van der Waals surface area contributed by atoms with Crippen LogP contribution in [-0.4, -0.2) is 4.98 Å². The van der Waals surface area contributed by atoms with Gasteiger partial charge in [-0.2, -0.15) is 0 Å². The minimum absolute atomic E-state index is 0. The molecule has 1 aromatic heterocycles. The Labute approximate surface area is 104 Å². The van der Waals surface area contributed by atoms with Crippen LogP contribution in [0, 0.1) is 0 Å². The van der Waals surface area contributed by atoms with E-state index >= 15 is 0 Å². The van der Waals surface area contributed by atoms with Crippen LogP contribution in [0.15, 0.2) is 48.7 Å². The van der Waals surface area contributed by atoms with E-state index in [9.17, 15) is 0 Å². The summed E-state index contributed by atoms with van der Waals surface area (Å²) in [7, 11) is 0. The van der Waals surface area contributed by atoms with Crippen molar-refractivity contribution in [2.75, 3.05) is 0 Å². The molecule has 0 fully saturated rings. The molecule has 0 radical (unpaired) electrons. The SMILES string of the molecule is Br.[Zn][c]1cc(-c2ccccc2)ccn1. The predicted octanol–water partition coefficient (Wildman–Crippen LogP) is 2.50. The Balaban J connectivity index is 0.000000980. The molecule has 2 aromatic rings. The van der Waals surface area contributed by atoms with Crippen molar-refractivity contribution >= 4 is 21.3 Å². The molecule has 1 nitrogen and oxygen atoms in total. The molecule has 3 heteroatoms.